The number of likely N-dealkylation sites (N-methyl/N-ethyl adjacent to an activating group) is 1. The van der Waals surface area contributed by atoms with Gasteiger partial charge in [0.25, 0.3) is 0 Å². The average Bonchev–Trinajstić information content (AvgIpc) is 3.22. The lowest BCUT2D eigenvalue weighted by molar-refractivity contribution is -0.0383. The van der Waals surface area contributed by atoms with Crippen LogP contribution in [0.2, 0.25) is 0 Å². The van der Waals surface area contributed by atoms with Crippen molar-refractivity contribution in [2.24, 2.45) is 0 Å². The Morgan fingerprint density at radius 1 is 1.11 bits per heavy atom. The van der Waals surface area contributed by atoms with Crippen LogP contribution in [0.5, 0.6) is 0 Å². The van der Waals surface area contributed by atoms with Crippen molar-refractivity contribution in [1.82, 2.24) is 19.3 Å². The molecule has 0 saturated carbocycles. The van der Waals surface area contributed by atoms with Crippen LogP contribution in [0, 0.1) is 0 Å². The molecule has 1 aromatic heterocycles. The number of hydrogen-bond acceptors (Lipinski definition) is 8. The molecule has 1 aromatic carbocycles. The fourth-order valence-electron chi connectivity index (χ4n) is 4.45. The van der Waals surface area contributed by atoms with E-state index in [1.807, 2.05) is 56.5 Å². The highest BCUT2D eigenvalue weighted by atomic mass is 16.8. The van der Waals surface area contributed by atoms with Crippen molar-refractivity contribution in [3.05, 3.63) is 60.2 Å². The van der Waals surface area contributed by atoms with Crippen molar-refractivity contribution in [1.29, 1.82) is 0 Å². The molecule has 9 heteroatoms. The largest absolute Gasteiger partial charge is 0.511 e. The SMILES string of the molecule is CN1C=CCC(N2CCC(OC(=O)OCOC(=O)n3cc(CCN(C)C)c4ccccc43)CC2)=C1. The topological polar surface area (TPSA) is 76.5 Å². The minimum atomic E-state index is -0.820. The highest BCUT2D eigenvalue weighted by Gasteiger charge is 2.25. The number of para-hydroxylation sites is 1. The van der Waals surface area contributed by atoms with E-state index < -0.39 is 19.0 Å². The number of nitrogens with zero attached hydrogens (tertiary/aromatic N) is 4. The lowest BCUT2D eigenvalue weighted by Crippen LogP contribution is -2.38. The fourth-order valence-corrected chi connectivity index (χ4v) is 4.45. The van der Waals surface area contributed by atoms with Gasteiger partial charge in [-0.15, -0.1) is 0 Å². The molecule has 0 bridgehead atoms. The van der Waals surface area contributed by atoms with E-state index in [1.165, 1.54) is 10.3 Å². The Morgan fingerprint density at radius 3 is 2.63 bits per heavy atom. The molecule has 0 aliphatic carbocycles. The summed E-state index contributed by atoms with van der Waals surface area (Å²) in [5.41, 5.74) is 3.09. The standard InChI is InChI=1S/C26H34N4O5/c1-27(2)14-10-20-17-30(24-9-5-4-8-23(20)24)25(31)33-19-34-26(32)35-22-11-15-29(16-12-22)21-7-6-13-28(3)18-21/h4-6,8-9,13,17-18,22H,7,10-12,14-16,19H2,1-3H3. The number of hydrogen-bond donors (Lipinski definition) is 0. The van der Waals surface area contributed by atoms with Crippen LogP contribution in [0.4, 0.5) is 9.59 Å². The van der Waals surface area contributed by atoms with Crippen molar-refractivity contribution < 1.29 is 23.8 Å². The van der Waals surface area contributed by atoms with E-state index in [0.717, 1.165) is 61.8 Å². The van der Waals surface area contributed by atoms with Gasteiger partial charge in [0.05, 0.1) is 5.52 Å². The first-order chi connectivity index (χ1) is 16.9. The van der Waals surface area contributed by atoms with Crippen LogP contribution < -0.4 is 0 Å². The lowest BCUT2D eigenvalue weighted by Gasteiger charge is -2.35. The summed E-state index contributed by atoms with van der Waals surface area (Å²) >= 11 is 0. The first kappa shape index (κ1) is 24.7. The Balaban J connectivity index is 1.23. The van der Waals surface area contributed by atoms with Gasteiger partial charge < -0.3 is 28.9 Å². The second kappa shape index (κ2) is 11.3. The summed E-state index contributed by atoms with van der Waals surface area (Å²) in [6.45, 7) is 2.00. The van der Waals surface area contributed by atoms with Gasteiger partial charge >= 0.3 is 12.2 Å². The molecule has 0 spiro atoms. The lowest BCUT2D eigenvalue weighted by atomic mass is 10.1. The van der Waals surface area contributed by atoms with Gasteiger partial charge in [-0.2, -0.15) is 0 Å². The smallest absolute Gasteiger partial charge is 0.431 e. The normalized spacial score (nSPS) is 16.5. The fraction of sp³-hybridized carbons (Fsp3) is 0.462. The second-order valence-electron chi connectivity index (χ2n) is 9.20. The number of carbonyl (C=O) groups excluding carboxylic acids is 2. The van der Waals surface area contributed by atoms with Crippen LogP contribution in [0.15, 0.2) is 54.6 Å². The van der Waals surface area contributed by atoms with Gasteiger partial charge in [-0.25, -0.2) is 9.59 Å². The van der Waals surface area contributed by atoms with Crippen molar-refractivity contribution >= 4 is 23.2 Å². The average molecular weight is 483 g/mol. The van der Waals surface area contributed by atoms with Crippen LogP contribution in [0.1, 0.15) is 24.8 Å². The number of allylic oxidation sites excluding steroid dienone is 1. The Labute approximate surface area is 206 Å². The molecule has 0 amide bonds. The summed E-state index contributed by atoms with van der Waals surface area (Å²) in [5, 5.41) is 1.00. The Hall–Kier alpha value is -3.46. The monoisotopic (exact) mass is 482 g/mol. The van der Waals surface area contributed by atoms with E-state index in [-0.39, 0.29) is 6.10 Å². The first-order valence-corrected chi connectivity index (χ1v) is 12.0. The number of rotatable bonds is 7. The molecule has 4 rings (SSSR count). The zero-order valence-electron chi connectivity index (χ0n) is 20.7. The molecule has 35 heavy (non-hydrogen) atoms. The predicted octanol–water partition coefficient (Wildman–Crippen LogP) is 4.00. The second-order valence-corrected chi connectivity index (χ2v) is 9.20. The van der Waals surface area contributed by atoms with Gasteiger partial charge in [0.2, 0.25) is 6.79 Å². The van der Waals surface area contributed by atoms with Gasteiger partial charge in [-0.1, -0.05) is 24.3 Å². The molecule has 9 nitrogen and oxygen atoms in total. The maximum Gasteiger partial charge on any atom is 0.511 e. The number of fused-ring (bicyclic) bond motifs is 1. The van der Waals surface area contributed by atoms with Crippen LogP contribution in [-0.2, 0) is 20.6 Å². The number of carbonyl (C=O) groups is 2. The molecule has 3 heterocycles. The van der Waals surface area contributed by atoms with Crippen molar-refractivity contribution in [3.63, 3.8) is 0 Å². The molecule has 188 valence electrons. The van der Waals surface area contributed by atoms with Gasteiger partial charge in [0.1, 0.15) is 6.10 Å². The summed E-state index contributed by atoms with van der Waals surface area (Å²) in [7, 11) is 6.03. The zero-order chi connectivity index (χ0) is 24.8. The van der Waals surface area contributed by atoms with E-state index in [1.54, 1.807) is 6.20 Å². The van der Waals surface area contributed by atoms with Gasteiger partial charge in [0, 0.05) is 69.4 Å². The summed E-state index contributed by atoms with van der Waals surface area (Å²) in [4.78, 5) is 31.3. The Bertz CT molecular complexity index is 1100. The molecule has 0 unspecified atom stereocenters. The highest BCUT2D eigenvalue weighted by Crippen LogP contribution is 2.24. The predicted molar refractivity (Wildman–Crippen MR) is 133 cm³/mol. The Kier molecular flexibility index (Phi) is 7.97. The van der Waals surface area contributed by atoms with Crippen molar-refractivity contribution in [3.8, 4) is 0 Å². The molecule has 0 atom stereocenters. The maximum absolute atomic E-state index is 12.7. The first-order valence-electron chi connectivity index (χ1n) is 12.0. The van der Waals surface area contributed by atoms with E-state index in [9.17, 15) is 9.59 Å². The van der Waals surface area contributed by atoms with E-state index in [4.69, 9.17) is 14.2 Å². The van der Waals surface area contributed by atoms with Gasteiger partial charge in [0.15, 0.2) is 0 Å². The minimum absolute atomic E-state index is 0.209. The molecule has 2 aromatic rings. The van der Waals surface area contributed by atoms with Gasteiger partial charge in [-0.05, 0) is 38.3 Å². The van der Waals surface area contributed by atoms with E-state index >= 15 is 0 Å². The van der Waals surface area contributed by atoms with Crippen LogP contribution >= 0.6 is 0 Å². The van der Waals surface area contributed by atoms with E-state index in [0.29, 0.717) is 0 Å². The summed E-state index contributed by atoms with van der Waals surface area (Å²) in [6, 6.07) is 7.68. The number of ether oxygens (including phenoxy) is 3. The van der Waals surface area contributed by atoms with Crippen LogP contribution in [0.25, 0.3) is 10.9 Å². The molecular weight excluding hydrogens is 448 g/mol. The zero-order valence-corrected chi connectivity index (χ0v) is 20.7. The van der Waals surface area contributed by atoms with Crippen LogP contribution in [-0.4, -0.2) is 85.2 Å². The summed E-state index contributed by atoms with van der Waals surface area (Å²) in [5.74, 6) is 0. The third-order valence-corrected chi connectivity index (χ3v) is 6.31. The quantitative estimate of drug-likeness (QED) is 0.433. The number of piperidine rings is 1. The highest BCUT2D eigenvalue weighted by molar-refractivity contribution is 5.92. The molecule has 2 aliphatic rings. The number of aromatic nitrogens is 1. The summed E-state index contributed by atoms with van der Waals surface area (Å²) in [6.07, 6.45) is 9.65. The third-order valence-electron chi connectivity index (χ3n) is 6.31. The molecule has 0 N–H and O–H groups in total. The Morgan fingerprint density at radius 2 is 1.89 bits per heavy atom. The molecule has 0 radical (unpaired) electrons. The van der Waals surface area contributed by atoms with Crippen molar-refractivity contribution in [2.45, 2.75) is 31.8 Å². The van der Waals surface area contributed by atoms with E-state index in [2.05, 4.69) is 22.1 Å². The number of likely N-dealkylation sites (tertiary alicyclic amines) is 1. The molecule has 1 fully saturated rings. The van der Waals surface area contributed by atoms with Gasteiger partial charge in [-0.3, -0.25) is 4.57 Å². The molecular formula is C26H34N4O5. The number of benzene rings is 1. The molecule has 1 saturated heterocycles. The van der Waals surface area contributed by atoms with Crippen LogP contribution in [0.3, 0.4) is 0 Å². The summed E-state index contributed by atoms with van der Waals surface area (Å²) < 4.78 is 17.1. The minimum Gasteiger partial charge on any atom is -0.431 e. The van der Waals surface area contributed by atoms with Crippen molar-refractivity contribution in [2.75, 3.05) is 47.6 Å². The third kappa shape index (κ3) is 6.36. The molecule has 2 aliphatic heterocycles. The maximum atomic E-state index is 12.7.